The van der Waals surface area contributed by atoms with Gasteiger partial charge in [-0.2, -0.15) is 0 Å². The van der Waals surface area contributed by atoms with E-state index < -0.39 is 11.8 Å². The summed E-state index contributed by atoms with van der Waals surface area (Å²) < 4.78 is 0. The van der Waals surface area contributed by atoms with Crippen molar-refractivity contribution in [1.29, 1.82) is 0 Å². The minimum Gasteiger partial charge on any atom is -0.364 e. The van der Waals surface area contributed by atoms with Crippen LogP contribution in [0.4, 0.5) is 0 Å². The standard InChI is InChI=1S/C18H16N2O2/c19-18(22)16(13-15-9-5-2-6-10-15)20-17(21)12-11-14-7-3-1-4-8-14/h1-13H,(H2,19,22)(H,20,21)/b12-11+,16-13-. The van der Waals surface area contributed by atoms with Gasteiger partial charge >= 0.3 is 0 Å². The van der Waals surface area contributed by atoms with Gasteiger partial charge in [0.2, 0.25) is 5.91 Å². The van der Waals surface area contributed by atoms with E-state index in [1.54, 1.807) is 6.08 Å². The Morgan fingerprint density at radius 3 is 1.95 bits per heavy atom. The van der Waals surface area contributed by atoms with E-state index in [2.05, 4.69) is 5.32 Å². The van der Waals surface area contributed by atoms with Crippen molar-refractivity contribution in [3.8, 4) is 0 Å². The zero-order valence-corrected chi connectivity index (χ0v) is 11.9. The Morgan fingerprint density at radius 1 is 0.864 bits per heavy atom. The molecule has 0 atom stereocenters. The summed E-state index contributed by atoms with van der Waals surface area (Å²) in [6, 6.07) is 18.6. The predicted octanol–water partition coefficient (Wildman–Crippen LogP) is 2.34. The average molecular weight is 292 g/mol. The fraction of sp³-hybridized carbons (Fsp3) is 0. The largest absolute Gasteiger partial charge is 0.364 e. The molecule has 110 valence electrons. The number of primary amides is 1. The van der Waals surface area contributed by atoms with Gasteiger partial charge in [0.25, 0.3) is 5.91 Å². The summed E-state index contributed by atoms with van der Waals surface area (Å²) in [6.07, 6.45) is 4.56. The van der Waals surface area contributed by atoms with Crippen molar-refractivity contribution in [3.05, 3.63) is 83.6 Å². The summed E-state index contributed by atoms with van der Waals surface area (Å²) in [4.78, 5) is 23.3. The second-order valence-corrected chi connectivity index (χ2v) is 4.57. The summed E-state index contributed by atoms with van der Waals surface area (Å²) in [7, 11) is 0. The number of nitrogens with one attached hydrogen (secondary N) is 1. The van der Waals surface area contributed by atoms with Gasteiger partial charge in [-0.05, 0) is 23.3 Å². The van der Waals surface area contributed by atoms with Crippen LogP contribution in [-0.2, 0) is 9.59 Å². The van der Waals surface area contributed by atoms with Crippen LogP contribution in [-0.4, -0.2) is 11.8 Å². The van der Waals surface area contributed by atoms with E-state index in [4.69, 9.17) is 5.73 Å². The number of rotatable bonds is 5. The first kappa shape index (κ1) is 15.3. The van der Waals surface area contributed by atoms with Crippen LogP contribution in [0.1, 0.15) is 11.1 Å². The molecular formula is C18H16N2O2. The molecule has 2 aromatic rings. The maximum atomic E-state index is 11.9. The van der Waals surface area contributed by atoms with Gasteiger partial charge in [-0.15, -0.1) is 0 Å². The molecular weight excluding hydrogens is 276 g/mol. The first-order valence-corrected chi connectivity index (χ1v) is 6.76. The quantitative estimate of drug-likeness (QED) is 0.830. The molecule has 2 aromatic carbocycles. The van der Waals surface area contributed by atoms with E-state index in [-0.39, 0.29) is 5.70 Å². The molecule has 0 saturated heterocycles. The fourth-order valence-corrected chi connectivity index (χ4v) is 1.80. The lowest BCUT2D eigenvalue weighted by molar-refractivity contribution is -0.119. The van der Waals surface area contributed by atoms with Gasteiger partial charge in [-0.3, -0.25) is 9.59 Å². The molecule has 0 bridgehead atoms. The normalized spacial score (nSPS) is 11.4. The molecule has 0 spiro atoms. The van der Waals surface area contributed by atoms with Crippen LogP contribution in [0, 0.1) is 0 Å². The van der Waals surface area contributed by atoms with Gasteiger partial charge in [0, 0.05) is 6.08 Å². The van der Waals surface area contributed by atoms with Gasteiger partial charge in [-0.1, -0.05) is 60.7 Å². The lowest BCUT2D eigenvalue weighted by Gasteiger charge is -2.04. The Morgan fingerprint density at radius 2 is 1.41 bits per heavy atom. The number of carbonyl (C=O) groups is 2. The molecule has 4 heteroatoms. The number of carbonyl (C=O) groups excluding carboxylic acids is 2. The minimum absolute atomic E-state index is 0.0499. The highest BCUT2D eigenvalue weighted by Crippen LogP contribution is 2.05. The molecule has 0 saturated carbocycles. The Labute approximate surface area is 129 Å². The van der Waals surface area contributed by atoms with Crippen molar-refractivity contribution < 1.29 is 9.59 Å². The van der Waals surface area contributed by atoms with Crippen molar-refractivity contribution in [1.82, 2.24) is 5.32 Å². The summed E-state index contributed by atoms with van der Waals surface area (Å²) >= 11 is 0. The van der Waals surface area contributed by atoms with E-state index >= 15 is 0 Å². The Bertz CT molecular complexity index is 704. The van der Waals surface area contributed by atoms with Gasteiger partial charge in [0.1, 0.15) is 5.70 Å². The van der Waals surface area contributed by atoms with Crippen LogP contribution >= 0.6 is 0 Å². The van der Waals surface area contributed by atoms with Crippen LogP contribution < -0.4 is 11.1 Å². The third-order valence-electron chi connectivity index (χ3n) is 2.86. The third kappa shape index (κ3) is 4.76. The monoisotopic (exact) mass is 292 g/mol. The predicted molar refractivity (Wildman–Crippen MR) is 87.2 cm³/mol. The SMILES string of the molecule is NC(=O)/C(=C/c1ccccc1)NC(=O)/C=C/c1ccccc1. The van der Waals surface area contributed by atoms with Crippen LogP contribution in [0.25, 0.3) is 12.2 Å². The molecule has 2 amide bonds. The maximum absolute atomic E-state index is 11.9. The van der Waals surface area contributed by atoms with E-state index in [9.17, 15) is 9.59 Å². The molecule has 0 fully saturated rings. The zero-order valence-electron chi connectivity index (χ0n) is 11.9. The van der Waals surface area contributed by atoms with Crippen LogP contribution in [0.2, 0.25) is 0 Å². The third-order valence-corrected chi connectivity index (χ3v) is 2.86. The van der Waals surface area contributed by atoms with Crippen LogP contribution in [0.3, 0.4) is 0 Å². The molecule has 4 nitrogen and oxygen atoms in total. The maximum Gasteiger partial charge on any atom is 0.265 e. The molecule has 0 aliphatic carbocycles. The topological polar surface area (TPSA) is 72.2 Å². The first-order chi connectivity index (χ1) is 10.6. The molecule has 0 unspecified atom stereocenters. The molecule has 0 radical (unpaired) electrons. The lowest BCUT2D eigenvalue weighted by Crippen LogP contribution is -2.29. The van der Waals surface area contributed by atoms with Crippen LogP contribution in [0.5, 0.6) is 0 Å². The highest BCUT2D eigenvalue weighted by atomic mass is 16.2. The summed E-state index contributed by atoms with van der Waals surface area (Å²) in [5, 5.41) is 2.50. The summed E-state index contributed by atoms with van der Waals surface area (Å²) in [5.74, 6) is -1.10. The average Bonchev–Trinajstić information content (AvgIpc) is 2.54. The van der Waals surface area contributed by atoms with E-state index in [0.29, 0.717) is 0 Å². The Balaban J connectivity index is 2.08. The second-order valence-electron chi connectivity index (χ2n) is 4.57. The van der Waals surface area contributed by atoms with Gasteiger partial charge < -0.3 is 11.1 Å². The number of hydrogen-bond donors (Lipinski definition) is 2. The summed E-state index contributed by atoms with van der Waals surface area (Å²) in [6.45, 7) is 0. The highest BCUT2D eigenvalue weighted by Gasteiger charge is 2.07. The number of benzene rings is 2. The Kier molecular flexibility index (Phi) is 5.26. The fourth-order valence-electron chi connectivity index (χ4n) is 1.80. The van der Waals surface area contributed by atoms with E-state index in [1.165, 1.54) is 12.2 Å². The molecule has 0 heterocycles. The minimum atomic E-state index is -0.690. The van der Waals surface area contributed by atoms with Crippen molar-refractivity contribution in [2.75, 3.05) is 0 Å². The van der Waals surface area contributed by atoms with Crippen molar-refractivity contribution in [2.45, 2.75) is 0 Å². The zero-order chi connectivity index (χ0) is 15.8. The van der Waals surface area contributed by atoms with Gasteiger partial charge in [0.15, 0.2) is 0 Å². The van der Waals surface area contributed by atoms with Crippen molar-refractivity contribution in [3.63, 3.8) is 0 Å². The smallest absolute Gasteiger partial charge is 0.265 e. The number of hydrogen-bond acceptors (Lipinski definition) is 2. The van der Waals surface area contributed by atoms with Gasteiger partial charge in [-0.25, -0.2) is 0 Å². The number of amides is 2. The lowest BCUT2D eigenvalue weighted by atomic mass is 10.2. The van der Waals surface area contributed by atoms with Crippen molar-refractivity contribution in [2.24, 2.45) is 5.73 Å². The van der Waals surface area contributed by atoms with E-state index in [0.717, 1.165) is 11.1 Å². The number of nitrogens with two attached hydrogens (primary N) is 1. The first-order valence-electron chi connectivity index (χ1n) is 6.76. The molecule has 0 aliphatic heterocycles. The molecule has 0 aromatic heterocycles. The van der Waals surface area contributed by atoms with E-state index in [1.807, 2.05) is 60.7 Å². The van der Waals surface area contributed by atoms with Gasteiger partial charge in [0.05, 0.1) is 0 Å². The van der Waals surface area contributed by atoms with Crippen molar-refractivity contribution >= 4 is 24.0 Å². The second kappa shape index (κ2) is 7.59. The molecule has 0 aliphatic rings. The summed E-state index contributed by atoms with van der Waals surface area (Å²) in [5.41, 5.74) is 7.02. The van der Waals surface area contributed by atoms with Crippen LogP contribution in [0.15, 0.2) is 72.4 Å². The Hall–Kier alpha value is -3.14. The molecule has 2 rings (SSSR count). The molecule has 22 heavy (non-hydrogen) atoms. The molecule has 3 N–H and O–H groups in total. The highest BCUT2D eigenvalue weighted by molar-refractivity contribution is 6.03.